The molecule has 0 aromatic heterocycles. The molecule has 3 nitrogen and oxygen atoms in total. The fraction of sp³-hybridized carbons (Fsp3) is 1.00. The van der Waals surface area contributed by atoms with Crippen LogP contribution in [0.3, 0.4) is 0 Å². The van der Waals surface area contributed by atoms with Crippen molar-refractivity contribution in [2.75, 3.05) is 6.54 Å². The van der Waals surface area contributed by atoms with E-state index in [1.807, 2.05) is 6.92 Å². The Labute approximate surface area is 113 Å². The average Bonchev–Trinajstić information content (AvgIpc) is 2.25. The minimum Gasteiger partial charge on any atom is -0.393 e. The van der Waals surface area contributed by atoms with Crippen LogP contribution in [0, 0.1) is 5.92 Å². The first-order valence-electron chi connectivity index (χ1n) is 7.77. The van der Waals surface area contributed by atoms with Crippen molar-refractivity contribution in [2.24, 2.45) is 11.7 Å². The lowest BCUT2D eigenvalue weighted by Gasteiger charge is -2.31. The van der Waals surface area contributed by atoms with Gasteiger partial charge in [-0.15, -0.1) is 0 Å². The maximum Gasteiger partial charge on any atom is 0.0526 e. The minimum absolute atomic E-state index is 0.233. The fourth-order valence-corrected chi connectivity index (χ4v) is 3.23. The SMILES string of the molecule is CC(O)CC(C)NC(CN)C1CCCCCCC1. The summed E-state index contributed by atoms with van der Waals surface area (Å²) in [5.74, 6) is 0.728. The van der Waals surface area contributed by atoms with Crippen LogP contribution in [0.1, 0.15) is 65.2 Å². The zero-order valence-electron chi connectivity index (χ0n) is 12.2. The van der Waals surface area contributed by atoms with Crippen molar-refractivity contribution in [1.82, 2.24) is 5.32 Å². The third-order valence-electron chi connectivity index (χ3n) is 4.17. The van der Waals surface area contributed by atoms with Gasteiger partial charge in [-0.25, -0.2) is 0 Å². The molecule has 3 atom stereocenters. The van der Waals surface area contributed by atoms with Gasteiger partial charge >= 0.3 is 0 Å². The van der Waals surface area contributed by atoms with E-state index in [0.717, 1.165) is 18.9 Å². The van der Waals surface area contributed by atoms with E-state index in [1.54, 1.807) is 0 Å². The Morgan fingerprint density at radius 3 is 2.17 bits per heavy atom. The molecule has 3 unspecified atom stereocenters. The van der Waals surface area contributed by atoms with Crippen LogP contribution in [0.4, 0.5) is 0 Å². The van der Waals surface area contributed by atoms with Gasteiger partial charge in [0, 0.05) is 18.6 Å². The molecule has 18 heavy (non-hydrogen) atoms. The molecule has 0 aromatic rings. The molecule has 0 saturated heterocycles. The van der Waals surface area contributed by atoms with E-state index in [2.05, 4.69) is 12.2 Å². The first-order valence-corrected chi connectivity index (χ1v) is 7.77. The zero-order valence-corrected chi connectivity index (χ0v) is 12.2. The Hall–Kier alpha value is -0.120. The molecule has 0 bridgehead atoms. The van der Waals surface area contributed by atoms with Gasteiger partial charge in [0.25, 0.3) is 0 Å². The number of rotatable bonds is 6. The van der Waals surface area contributed by atoms with Gasteiger partial charge in [0.15, 0.2) is 0 Å². The monoisotopic (exact) mass is 256 g/mol. The molecule has 108 valence electrons. The molecular weight excluding hydrogens is 224 g/mol. The van der Waals surface area contributed by atoms with Gasteiger partial charge in [-0.3, -0.25) is 0 Å². The summed E-state index contributed by atoms with van der Waals surface area (Å²) in [5.41, 5.74) is 5.95. The van der Waals surface area contributed by atoms with Crippen molar-refractivity contribution in [3.8, 4) is 0 Å². The Bertz CT molecular complexity index is 201. The molecule has 0 heterocycles. The van der Waals surface area contributed by atoms with Crippen LogP contribution in [-0.4, -0.2) is 29.8 Å². The van der Waals surface area contributed by atoms with Crippen molar-refractivity contribution in [2.45, 2.75) is 83.4 Å². The summed E-state index contributed by atoms with van der Waals surface area (Å²) >= 11 is 0. The van der Waals surface area contributed by atoms with Crippen molar-refractivity contribution in [3.05, 3.63) is 0 Å². The van der Waals surface area contributed by atoms with Crippen LogP contribution < -0.4 is 11.1 Å². The average molecular weight is 256 g/mol. The summed E-state index contributed by atoms with van der Waals surface area (Å²) in [4.78, 5) is 0. The van der Waals surface area contributed by atoms with E-state index in [0.29, 0.717) is 12.1 Å². The summed E-state index contributed by atoms with van der Waals surface area (Å²) in [5, 5.41) is 13.1. The van der Waals surface area contributed by atoms with Gasteiger partial charge in [-0.2, -0.15) is 0 Å². The molecule has 1 aliphatic carbocycles. The van der Waals surface area contributed by atoms with Crippen molar-refractivity contribution in [1.29, 1.82) is 0 Å². The lowest BCUT2D eigenvalue weighted by Crippen LogP contribution is -2.47. The van der Waals surface area contributed by atoms with E-state index >= 15 is 0 Å². The second kappa shape index (κ2) is 8.89. The summed E-state index contributed by atoms with van der Waals surface area (Å²) < 4.78 is 0. The normalized spacial score (nSPS) is 24.0. The molecular formula is C15H32N2O. The summed E-state index contributed by atoms with van der Waals surface area (Å²) in [6.07, 6.45) is 10.1. The lowest BCUT2D eigenvalue weighted by atomic mass is 9.85. The van der Waals surface area contributed by atoms with Crippen molar-refractivity contribution >= 4 is 0 Å². The molecule has 1 saturated carbocycles. The molecule has 0 aliphatic heterocycles. The first-order chi connectivity index (χ1) is 8.63. The van der Waals surface area contributed by atoms with Gasteiger partial charge in [-0.1, -0.05) is 32.1 Å². The topological polar surface area (TPSA) is 58.3 Å². The third-order valence-corrected chi connectivity index (χ3v) is 4.17. The zero-order chi connectivity index (χ0) is 13.4. The highest BCUT2D eigenvalue weighted by Crippen LogP contribution is 2.25. The van der Waals surface area contributed by atoms with Crippen molar-refractivity contribution < 1.29 is 5.11 Å². The first kappa shape index (κ1) is 15.9. The highest BCUT2D eigenvalue weighted by molar-refractivity contribution is 4.81. The Balaban J connectivity index is 2.41. The van der Waals surface area contributed by atoms with E-state index < -0.39 is 0 Å². The highest BCUT2D eigenvalue weighted by atomic mass is 16.3. The van der Waals surface area contributed by atoms with Gasteiger partial charge in [0.1, 0.15) is 0 Å². The summed E-state index contributed by atoms with van der Waals surface area (Å²) in [6.45, 7) is 4.72. The second-order valence-electron chi connectivity index (χ2n) is 6.10. The smallest absolute Gasteiger partial charge is 0.0526 e. The van der Waals surface area contributed by atoms with Crippen LogP contribution in [0.15, 0.2) is 0 Å². The number of nitrogens with two attached hydrogens (primary N) is 1. The Kier molecular flexibility index (Phi) is 7.87. The molecule has 1 rings (SSSR count). The van der Waals surface area contributed by atoms with Crippen LogP contribution in [-0.2, 0) is 0 Å². The van der Waals surface area contributed by atoms with Crippen LogP contribution in [0.5, 0.6) is 0 Å². The van der Waals surface area contributed by atoms with Crippen LogP contribution in [0.2, 0.25) is 0 Å². The standard InChI is InChI=1S/C15H32N2O/c1-12(10-13(2)18)17-15(11-16)14-8-6-4-3-5-7-9-14/h12-15,17-18H,3-11,16H2,1-2H3. The summed E-state index contributed by atoms with van der Waals surface area (Å²) in [6, 6.07) is 0.779. The van der Waals surface area contributed by atoms with Crippen LogP contribution in [0.25, 0.3) is 0 Å². The minimum atomic E-state index is -0.233. The molecule has 0 aromatic carbocycles. The second-order valence-corrected chi connectivity index (χ2v) is 6.10. The molecule has 0 spiro atoms. The Morgan fingerprint density at radius 2 is 1.67 bits per heavy atom. The summed E-state index contributed by atoms with van der Waals surface area (Å²) in [7, 11) is 0. The Morgan fingerprint density at radius 1 is 1.11 bits per heavy atom. The largest absolute Gasteiger partial charge is 0.393 e. The maximum absolute atomic E-state index is 9.43. The predicted octanol–water partition coefficient (Wildman–Crippen LogP) is 2.42. The number of nitrogens with one attached hydrogen (secondary N) is 1. The van der Waals surface area contributed by atoms with Crippen LogP contribution >= 0.6 is 0 Å². The van der Waals surface area contributed by atoms with E-state index in [-0.39, 0.29) is 6.10 Å². The number of hydrogen-bond acceptors (Lipinski definition) is 3. The molecule has 4 N–H and O–H groups in total. The molecule has 3 heteroatoms. The maximum atomic E-state index is 9.43. The van der Waals surface area contributed by atoms with Gasteiger partial charge < -0.3 is 16.2 Å². The number of hydrogen-bond donors (Lipinski definition) is 3. The third kappa shape index (κ3) is 6.17. The molecule has 1 aliphatic rings. The molecule has 0 amide bonds. The lowest BCUT2D eigenvalue weighted by molar-refractivity contribution is 0.162. The molecule has 1 fully saturated rings. The van der Waals surface area contributed by atoms with Gasteiger partial charge in [0.05, 0.1) is 6.10 Å². The number of aliphatic hydroxyl groups excluding tert-OH is 1. The van der Waals surface area contributed by atoms with E-state index in [9.17, 15) is 5.11 Å². The van der Waals surface area contributed by atoms with E-state index in [4.69, 9.17) is 5.73 Å². The van der Waals surface area contributed by atoms with Crippen molar-refractivity contribution in [3.63, 3.8) is 0 Å². The predicted molar refractivity (Wildman–Crippen MR) is 77.5 cm³/mol. The van der Waals surface area contributed by atoms with Gasteiger partial charge in [-0.05, 0) is 39.0 Å². The quantitative estimate of drug-likeness (QED) is 0.684. The van der Waals surface area contributed by atoms with Gasteiger partial charge in [0.2, 0.25) is 0 Å². The highest BCUT2D eigenvalue weighted by Gasteiger charge is 2.22. The molecule has 0 radical (unpaired) electrons. The van der Waals surface area contributed by atoms with E-state index in [1.165, 1.54) is 44.9 Å². The number of aliphatic hydroxyl groups is 1. The fourth-order valence-electron chi connectivity index (χ4n) is 3.23.